The molecule has 4 heteroatoms. The molecule has 1 heterocycles. The number of amides is 2. The van der Waals surface area contributed by atoms with E-state index >= 15 is 0 Å². The number of hydrogen-bond donors (Lipinski definition) is 1. The van der Waals surface area contributed by atoms with Gasteiger partial charge in [0.1, 0.15) is 6.04 Å². The molecule has 0 saturated carbocycles. The van der Waals surface area contributed by atoms with Crippen molar-refractivity contribution in [1.82, 2.24) is 10.2 Å². The molecular formula is C16H22N2O2. The predicted octanol–water partition coefficient (Wildman–Crippen LogP) is 2.26. The lowest BCUT2D eigenvalue weighted by Gasteiger charge is -2.27. The second-order valence-corrected chi connectivity index (χ2v) is 5.29. The van der Waals surface area contributed by atoms with Crippen LogP contribution in [0, 0.1) is 0 Å². The molecule has 1 fully saturated rings. The van der Waals surface area contributed by atoms with Crippen molar-refractivity contribution in [2.75, 3.05) is 6.54 Å². The van der Waals surface area contributed by atoms with Gasteiger partial charge in [0.05, 0.1) is 0 Å². The fraction of sp³-hybridized carbons (Fsp3) is 0.500. The van der Waals surface area contributed by atoms with E-state index in [1.54, 1.807) is 6.92 Å². The van der Waals surface area contributed by atoms with Crippen LogP contribution >= 0.6 is 0 Å². The minimum Gasteiger partial charge on any atom is -0.341 e. The van der Waals surface area contributed by atoms with Gasteiger partial charge in [-0.25, -0.2) is 0 Å². The molecule has 0 bridgehead atoms. The lowest BCUT2D eigenvalue weighted by molar-refractivity contribution is -0.137. The van der Waals surface area contributed by atoms with E-state index in [-0.39, 0.29) is 17.9 Å². The molecule has 4 nitrogen and oxygen atoms in total. The van der Waals surface area contributed by atoms with Gasteiger partial charge >= 0.3 is 0 Å². The van der Waals surface area contributed by atoms with E-state index < -0.39 is 6.04 Å². The Kier molecular flexibility index (Phi) is 4.77. The molecule has 1 aromatic carbocycles. The molecule has 0 aliphatic carbocycles. The summed E-state index contributed by atoms with van der Waals surface area (Å²) in [4.78, 5) is 26.3. The summed E-state index contributed by atoms with van der Waals surface area (Å²) in [5, 5.41) is 2.85. The maximum atomic E-state index is 12.7. The van der Waals surface area contributed by atoms with Crippen molar-refractivity contribution in [1.29, 1.82) is 0 Å². The predicted molar refractivity (Wildman–Crippen MR) is 78.0 cm³/mol. The minimum absolute atomic E-state index is 0.00278. The zero-order valence-electron chi connectivity index (χ0n) is 12.1. The fourth-order valence-electron chi connectivity index (χ4n) is 2.62. The monoisotopic (exact) mass is 274 g/mol. The van der Waals surface area contributed by atoms with E-state index in [9.17, 15) is 9.59 Å². The molecule has 0 aromatic heterocycles. The van der Waals surface area contributed by atoms with E-state index in [0.717, 1.165) is 24.9 Å². The summed E-state index contributed by atoms with van der Waals surface area (Å²) < 4.78 is 0. The van der Waals surface area contributed by atoms with Crippen LogP contribution in [-0.4, -0.2) is 29.3 Å². The van der Waals surface area contributed by atoms with Crippen LogP contribution in [-0.2, 0) is 9.59 Å². The van der Waals surface area contributed by atoms with Gasteiger partial charge in [0.2, 0.25) is 11.8 Å². The molecule has 108 valence electrons. The Balaban J connectivity index is 2.22. The first-order chi connectivity index (χ1) is 9.63. The molecule has 1 N–H and O–H groups in total. The minimum atomic E-state index is -0.566. The van der Waals surface area contributed by atoms with Crippen molar-refractivity contribution in [3.63, 3.8) is 0 Å². The van der Waals surface area contributed by atoms with Crippen molar-refractivity contribution in [3.05, 3.63) is 35.9 Å². The third kappa shape index (κ3) is 3.18. The van der Waals surface area contributed by atoms with E-state index in [2.05, 4.69) is 12.2 Å². The number of hydrogen-bond acceptors (Lipinski definition) is 2. The number of nitrogens with one attached hydrogen (secondary N) is 1. The molecule has 2 atom stereocenters. The highest BCUT2D eigenvalue weighted by atomic mass is 16.2. The summed E-state index contributed by atoms with van der Waals surface area (Å²) in [5.41, 5.74) is 0.846. The Labute approximate surface area is 120 Å². The van der Waals surface area contributed by atoms with Crippen LogP contribution in [0.2, 0.25) is 0 Å². The average Bonchev–Trinajstić information content (AvgIpc) is 2.91. The average molecular weight is 274 g/mol. The summed E-state index contributed by atoms with van der Waals surface area (Å²) >= 11 is 0. The maximum absolute atomic E-state index is 12.7. The number of benzene rings is 1. The lowest BCUT2D eigenvalue weighted by atomic mass is 10.0. The molecule has 0 spiro atoms. The van der Waals surface area contributed by atoms with Gasteiger partial charge in [0.25, 0.3) is 0 Å². The van der Waals surface area contributed by atoms with E-state index in [1.807, 2.05) is 35.2 Å². The van der Waals surface area contributed by atoms with Crippen LogP contribution in [0.3, 0.4) is 0 Å². The maximum Gasteiger partial charge on any atom is 0.250 e. The SMILES string of the molecule is CCC(=O)N[C@@H](C(=O)N1CCC[C@H]1C)c1ccccc1. The van der Waals surface area contributed by atoms with Crippen molar-refractivity contribution < 1.29 is 9.59 Å². The standard InChI is InChI=1S/C16H22N2O2/c1-3-14(19)17-15(13-9-5-4-6-10-13)16(20)18-11-7-8-12(18)2/h4-6,9-10,12,15H,3,7-8,11H2,1-2H3,(H,17,19)/t12-,15-/m1/s1. The van der Waals surface area contributed by atoms with Gasteiger partial charge in [-0.2, -0.15) is 0 Å². The summed E-state index contributed by atoms with van der Waals surface area (Å²) in [6, 6.07) is 9.16. The van der Waals surface area contributed by atoms with Crippen LogP contribution in [0.15, 0.2) is 30.3 Å². The highest BCUT2D eigenvalue weighted by Crippen LogP contribution is 2.23. The molecule has 1 aromatic rings. The first-order valence-electron chi connectivity index (χ1n) is 7.28. The lowest BCUT2D eigenvalue weighted by Crippen LogP contribution is -2.44. The molecule has 0 unspecified atom stereocenters. The molecule has 0 radical (unpaired) electrons. The van der Waals surface area contributed by atoms with Gasteiger partial charge in [-0.3, -0.25) is 9.59 Å². The van der Waals surface area contributed by atoms with Crippen molar-refractivity contribution in [3.8, 4) is 0 Å². The smallest absolute Gasteiger partial charge is 0.250 e. The quantitative estimate of drug-likeness (QED) is 0.915. The fourth-order valence-corrected chi connectivity index (χ4v) is 2.62. The van der Waals surface area contributed by atoms with E-state index in [4.69, 9.17) is 0 Å². The van der Waals surface area contributed by atoms with Gasteiger partial charge in [-0.1, -0.05) is 37.3 Å². The Bertz CT molecular complexity index is 473. The summed E-state index contributed by atoms with van der Waals surface area (Å²) in [7, 11) is 0. The molecule has 1 aliphatic rings. The zero-order chi connectivity index (χ0) is 14.5. The van der Waals surface area contributed by atoms with E-state index in [0.29, 0.717) is 6.42 Å². The van der Waals surface area contributed by atoms with Crippen molar-refractivity contribution in [2.24, 2.45) is 0 Å². The van der Waals surface area contributed by atoms with Gasteiger partial charge in [0, 0.05) is 19.0 Å². The number of carbonyl (C=O) groups is 2. The molecule has 2 amide bonds. The first-order valence-corrected chi connectivity index (χ1v) is 7.28. The molecular weight excluding hydrogens is 252 g/mol. The number of nitrogens with zero attached hydrogens (tertiary/aromatic N) is 1. The summed E-state index contributed by atoms with van der Waals surface area (Å²) in [6.45, 7) is 4.64. The Morgan fingerprint density at radius 3 is 2.60 bits per heavy atom. The van der Waals surface area contributed by atoms with Gasteiger partial charge in [-0.05, 0) is 25.3 Å². The van der Waals surface area contributed by atoms with Crippen LogP contribution in [0.4, 0.5) is 0 Å². The number of likely N-dealkylation sites (tertiary alicyclic amines) is 1. The Morgan fingerprint density at radius 1 is 1.35 bits per heavy atom. The van der Waals surface area contributed by atoms with Crippen LogP contribution in [0.1, 0.15) is 44.7 Å². The van der Waals surface area contributed by atoms with Crippen LogP contribution < -0.4 is 5.32 Å². The Morgan fingerprint density at radius 2 is 2.05 bits per heavy atom. The number of rotatable bonds is 4. The molecule has 20 heavy (non-hydrogen) atoms. The summed E-state index contributed by atoms with van der Waals surface area (Å²) in [6.07, 6.45) is 2.46. The molecule has 1 aliphatic heterocycles. The Hall–Kier alpha value is -1.84. The zero-order valence-corrected chi connectivity index (χ0v) is 12.1. The topological polar surface area (TPSA) is 49.4 Å². The van der Waals surface area contributed by atoms with Crippen molar-refractivity contribution >= 4 is 11.8 Å². The first kappa shape index (κ1) is 14.6. The van der Waals surface area contributed by atoms with Gasteiger partial charge in [0.15, 0.2) is 0 Å². The van der Waals surface area contributed by atoms with Crippen LogP contribution in [0.25, 0.3) is 0 Å². The third-order valence-electron chi connectivity index (χ3n) is 3.84. The molecule has 2 rings (SSSR count). The van der Waals surface area contributed by atoms with Crippen molar-refractivity contribution in [2.45, 2.75) is 45.2 Å². The highest BCUT2D eigenvalue weighted by molar-refractivity contribution is 5.89. The second kappa shape index (κ2) is 6.55. The highest BCUT2D eigenvalue weighted by Gasteiger charge is 2.32. The number of carbonyl (C=O) groups excluding carboxylic acids is 2. The largest absolute Gasteiger partial charge is 0.341 e. The van der Waals surface area contributed by atoms with E-state index in [1.165, 1.54) is 0 Å². The normalized spacial score (nSPS) is 19.7. The molecule has 1 saturated heterocycles. The second-order valence-electron chi connectivity index (χ2n) is 5.29. The summed E-state index contributed by atoms with van der Waals surface area (Å²) in [5.74, 6) is -0.0953. The van der Waals surface area contributed by atoms with Gasteiger partial charge in [-0.15, -0.1) is 0 Å². The van der Waals surface area contributed by atoms with Crippen LogP contribution in [0.5, 0.6) is 0 Å². The third-order valence-corrected chi connectivity index (χ3v) is 3.84. The van der Waals surface area contributed by atoms with Gasteiger partial charge < -0.3 is 10.2 Å².